The van der Waals surface area contributed by atoms with Crippen LogP contribution >= 0.6 is 62.1 Å². The van der Waals surface area contributed by atoms with Crippen LogP contribution in [0.4, 0.5) is 0 Å². The predicted molar refractivity (Wildman–Crippen MR) is 76.2 cm³/mol. The fourth-order valence-corrected chi connectivity index (χ4v) is 3.49. The van der Waals surface area contributed by atoms with Crippen LogP contribution in [0.25, 0.3) is 0 Å². The summed E-state index contributed by atoms with van der Waals surface area (Å²) in [7, 11) is 0. The van der Waals surface area contributed by atoms with Crippen LogP contribution in [0, 0.1) is 0 Å². The molecule has 0 amide bonds. The minimum atomic E-state index is -0.189. The predicted octanol–water partition coefficient (Wildman–Crippen LogP) is 6.15. The van der Waals surface area contributed by atoms with Crippen molar-refractivity contribution in [2.24, 2.45) is 0 Å². The summed E-state index contributed by atoms with van der Waals surface area (Å²) in [6.07, 6.45) is 0. The van der Waals surface area contributed by atoms with E-state index < -0.39 is 0 Å². The molecule has 0 bridgehead atoms. The lowest BCUT2D eigenvalue weighted by Gasteiger charge is -2.07. The lowest BCUT2D eigenvalue weighted by molar-refractivity contribution is 1.18. The first-order chi connectivity index (χ1) is 7.58. The molecule has 2 rings (SSSR count). The van der Waals surface area contributed by atoms with Gasteiger partial charge in [-0.25, -0.2) is 0 Å². The Labute approximate surface area is 121 Å². The molecule has 0 N–H and O–H groups in total. The third-order valence-corrected chi connectivity index (χ3v) is 5.48. The van der Waals surface area contributed by atoms with Gasteiger partial charge >= 0.3 is 0 Å². The van der Waals surface area contributed by atoms with Gasteiger partial charge in [0, 0.05) is 14.4 Å². The van der Waals surface area contributed by atoms with Crippen molar-refractivity contribution in [1.29, 1.82) is 0 Å². The van der Waals surface area contributed by atoms with Gasteiger partial charge in [0.15, 0.2) is 0 Å². The van der Waals surface area contributed by atoms with Crippen LogP contribution in [0.1, 0.15) is 15.8 Å². The molecule has 16 heavy (non-hydrogen) atoms. The highest BCUT2D eigenvalue weighted by atomic mass is 79.9. The number of rotatable bonds is 2. The zero-order valence-electron chi connectivity index (χ0n) is 7.88. The van der Waals surface area contributed by atoms with Crippen molar-refractivity contribution in [2.45, 2.75) is 5.38 Å². The van der Waals surface area contributed by atoms with E-state index in [1.54, 1.807) is 0 Å². The highest BCUT2D eigenvalue weighted by molar-refractivity contribution is 9.10. The van der Waals surface area contributed by atoms with Gasteiger partial charge < -0.3 is 0 Å². The molecular formula is C11H6BrCl3S. The number of alkyl halides is 1. The van der Waals surface area contributed by atoms with E-state index >= 15 is 0 Å². The molecule has 0 aliphatic rings. The summed E-state index contributed by atoms with van der Waals surface area (Å²) in [5, 5.41) is 0.518. The summed E-state index contributed by atoms with van der Waals surface area (Å²) in [4.78, 5) is 1.01. The second kappa shape index (κ2) is 5.28. The summed E-state index contributed by atoms with van der Waals surface area (Å²) in [5.41, 5.74) is 1.01. The first kappa shape index (κ1) is 12.7. The monoisotopic (exact) mass is 354 g/mol. The average Bonchev–Trinajstić information content (AvgIpc) is 2.59. The zero-order chi connectivity index (χ0) is 11.7. The molecule has 0 saturated heterocycles. The van der Waals surface area contributed by atoms with Crippen molar-refractivity contribution in [2.75, 3.05) is 0 Å². The van der Waals surface area contributed by atoms with Crippen molar-refractivity contribution in [3.63, 3.8) is 0 Å². The molecule has 1 heterocycles. The molecule has 1 unspecified atom stereocenters. The van der Waals surface area contributed by atoms with Crippen molar-refractivity contribution < 1.29 is 0 Å². The standard InChI is InChI=1S/C11H6BrCl3S/c12-8-5-9(16-11(8)15)10(14)6-1-3-7(13)4-2-6/h1-5,10H. The SMILES string of the molecule is Clc1ccc(C(Cl)c2cc(Br)c(Cl)s2)cc1. The molecule has 5 heteroatoms. The van der Waals surface area contributed by atoms with Gasteiger partial charge in [-0.15, -0.1) is 22.9 Å². The van der Waals surface area contributed by atoms with Crippen molar-refractivity contribution >= 4 is 62.1 Å². The van der Waals surface area contributed by atoms with Crippen LogP contribution in [-0.4, -0.2) is 0 Å². The van der Waals surface area contributed by atoms with Gasteiger partial charge in [0.25, 0.3) is 0 Å². The molecule has 0 aliphatic heterocycles. The Morgan fingerprint density at radius 2 is 1.75 bits per heavy atom. The third kappa shape index (κ3) is 2.74. The first-order valence-electron chi connectivity index (χ1n) is 4.42. The van der Waals surface area contributed by atoms with Gasteiger partial charge in [-0.1, -0.05) is 35.3 Å². The second-order valence-corrected chi connectivity index (χ2v) is 6.60. The van der Waals surface area contributed by atoms with Crippen molar-refractivity contribution in [3.05, 3.63) is 54.6 Å². The van der Waals surface area contributed by atoms with Crippen LogP contribution in [0.2, 0.25) is 9.36 Å². The van der Waals surface area contributed by atoms with Crippen LogP contribution in [0.3, 0.4) is 0 Å². The fraction of sp³-hybridized carbons (Fsp3) is 0.0909. The maximum absolute atomic E-state index is 6.36. The molecule has 0 fully saturated rings. The Kier molecular flexibility index (Phi) is 4.20. The molecule has 0 radical (unpaired) electrons. The van der Waals surface area contributed by atoms with E-state index in [-0.39, 0.29) is 5.38 Å². The van der Waals surface area contributed by atoms with Crippen LogP contribution in [-0.2, 0) is 0 Å². The maximum Gasteiger partial charge on any atom is 0.107 e. The number of hydrogen-bond donors (Lipinski definition) is 0. The Bertz CT molecular complexity index is 473. The molecule has 1 aromatic carbocycles. The van der Waals surface area contributed by atoms with Gasteiger partial charge in [0.2, 0.25) is 0 Å². The fourth-order valence-electron chi connectivity index (χ4n) is 1.28. The minimum absolute atomic E-state index is 0.189. The smallest absolute Gasteiger partial charge is 0.107 e. The lowest BCUT2D eigenvalue weighted by Crippen LogP contribution is -1.88. The highest BCUT2D eigenvalue weighted by Crippen LogP contribution is 2.40. The van der Waals surface area contributed by atoms with Gasteiger partial charge in [0.05, 0.1) is 5.38 Å². The summed E-state index contributed by atoms with van der Waals surface area (Å²) < 4.78 is 1.60. The van der Waals surface area contributed by atoms with Gasteiger partial charge in [-0.2, -0.15) is 0 Å². The number of halogens is 4. The largest absolute Gasteiger partial charge is 0.125 e. The van der Waals surface area contributed by atoms with Crippen LogP contribution in [0.15, 0.2) is 34.8 Å². The summed E-state index contributed by atoms with van der Waals surface area (Å²) in [5.74, 6) is 0. The Morgan fingerprint density at radius 3 is 2.25 bits per heavy atom. The lowest BCUT2D eigenvalue weighted by atomic mass is 10.1. The van der Waals surface area contributed by atoms with E-state index in [1.807, 2.05) is 30.3 Å². The van der Waals surface area contributed by atoms with Gasteiger partial charge in [-0.3, -0.25) is 0 Å². The second-order valence-electron chi connectivity index (χ2n) is 3.18. The summed E-state index contributed by atoms with van der Waals surface area (Å²) in [6.45, 7) is 0. The quantitative estimate of drug-likeness (QED) is 0.567. The van der Waals surface area contributed by atoms with E-state index in [4.69, 9.17) is 34.8 Å². The zero-order valence-corrected chi connectivity index (χ0v) is 12.6. The summed E-state index contributed by atoms with van der Waals surface area (Å²) >= 11 is 23.0. The summed E-state index contributed by atoms with van der Waals surface area (Å²) in [6, 6.07) is 9.44. The normalized spacial score (nSPS) is 12.8. The molecule has 0 spiro atoms. The average molecular weight is 356 g/mol. The van der Waals surface area contributed by atoms with E-state index in [0.29, 0.717) is 5.02 Å². The molecule has 0 saturated carbocycles. The Hall–Kier alpha value is 0.270. The molecule has 1 atom stereocenters. The van der Waals surface area contributed by atoms with E-state index in [0.717, 1.165) is 19.2 Å². The van der Waals surface area contributed by atoms with E-state index in [9.17, 15) is 0 Å². The minimum Gasteiger partial charge on any atom is -0.125 e. The Balaban J connectivity index is 2.31. The van der Waals surface area contributed by atoms with Gasteiger partial charge in [0.1, 0.15) is 4.34 Å². The first-order valence-corrected chi connectivity index (χ1v) is 7.22. The number of thiophene rings is 1. The molecule has 0 aliphatic carbocycles. The highest BCUT2D eigenvalue weighted by Gasteiger charge is 2.15. The number of hydrogen-bond acceptors (Lipinski definition) is 1. The van der Waals surface area contributed by atoms with Crippen molar-refractivity contribution in [3.8, 4) is 0 Å². The third-order valence-electron chi connectivity index (χ3n) is 2.08. The molecular weight excluding hydrogens is 350 g/mol. The molecule has 2 aromatic rings. The van der Waals surface area contributed by atoms with E-state index in [2.05, 4.69) is 15.9 Å². The Morgan fingerprint density at radius 1 is 1.12 bits per heavy atom. The topological polar surface area (TPSA) is 0 Å². The molecule has 0 nitrogen and oxygen atoms in total. The van der Waals surface area contributed by atoms with Crippen LogP contribution < -0.4 is 0 Å². The van der Waals surface area contributed by atoms with Crippen LogP contribution in [0.5, 0.6) is 0 Å². The molecule has 1 aromatic heterocycles. The molecule has 84 valence electrons. The van der Waals surface area contributed by atoms with Gasteiger partial charge in [-0.05, 0) is 39.7 Å². The number of benzene rings is 1. The van der Waals surface area contributed by atoms with E-state index in [1.165, 1.54) is 11.3 Å². The van der Waals surface area contributed by atoms with Crippen molar-refractivity contribution in [1.82, 2.24) is 0 Å². The maximum atomic E-state index is 6.36.